The molecule has 0 spiro atoms. The van der Waals surface area contributed by atoms with Crippen molar-refractivity contribution in [2.45, 2.75) is 25.2 Å². The van der Waals surface area contributed by atoms with Crippen molar-refractivity contribution in [1.82, 2.24) is 4.98 Å². The molecule has 0 radical (unpaired) electrons. The molecule has 1 aromatic heterocycles. The average Bonchev–Trinajstić information content (AvgIpc) is 2.24. The molecular formula is C11H19N3O2S. The first-order valence-corrected chi connectivity index (χ1v) is 7.06. The van der Waals surface area contributed by atoms with Crippen LogP contribution in [-0.2, 0) is 10.0 Å². The molecule has 0 bridgehead atoms. The normalized spacial score (nSPS) is 11.8. The summed E-state index contributed by atoms with van der Waals surface area (Å²) in [6.45, 7) is 4.98. The van der Waals surface area contributed by atoms with Gasteiger partial charge >= 0.3 is 0 Å². The van der Waals surface area contributed by atoms with Crippen LogP contribution in [0, 0.1) is 5.92 Å². The summed E-state index contributed by atoms with van der Waals surface area (Å²) in [7, 11) is -1.90. The minimum absolute atomic E-state index is 0.0752. The first-order chi connectivity index (χ1) is 7.82. The standard InChI is InChI=1S/C11H19N3O2S/c1-9(2)6-8-14(3)11-10(17(12,15)16)5-4-7-13-11/h4-5,7,9H,6,8H2,1-3H3,(H2,12,15,16). The maximum Gasteiger partial charge on any atom is 0.241 e. The van der Waals surface area contributed by atoms with Crippen LogP contribution in [0.5, 0.6) is 0 Å². The fourth-order valence-electron chi connectivity index (χ4n) is 1.45. The molecule has 0 saturated heterocycles. The van der Waals surface area contributed by atoms with E-state index in [-0.39, 0.29) is 4.90 Å². The molecule has 1 rings (SSSR count). The van der Waals surface area contributed by atoms with Crippen LogP contribution in [0.4, 0.5) is 5.82 Å². The Kier molecular flexibility index (Phi) is 4.47. The summed E-state index contributed by atoms with van der Waals surface area (Å²) >= 11 is 0. The van der Waals surface area contributed by atoms with Crippen LogP contribution in [0.2, 0.25) is 0 Å². The molecule has 0 aliphatic heterocycles. The van der Waals surface area contributed by atoms with Gasteiger partial charge in [-0.1, -0.05) is 13.8 Å². The number of primary sulfonamides is 1. The minimum atomic E-state index is -3.72. The van der Waals surface area contributed by atoms with E-state index in [1.54, 1.807) is 12.3 Å². The van der Waals surface area contributed by atoms with E-state index in [1.165, 1.54) is 6.07 Å². The van der Waals surface area contributed by atoms with Crippen LogP contribution < -0.4 is 10.0 Å². The van der Waals surface area contributed by atoms with Crippen LogP contribution in [0.1, 0.15) is 20.3 Å². The zero-order valence-corrected chi connectivity index (χ0v) is 11.2. The molecular weight excluding hydrogens is 238 g/mol. The SMILES string of the molecule is CC(C)CCN(C)c1ncccc1S(N)(=O)=O. The third-order valence-corrected chi connectivity index (χ3v) is 3.39. The van der Waals surface area contributed by atoms with Crippen molar-refractivity contribution >= 4 is 15.8 Å². The maximum absolute atomic E-state index is 11.4. The maximum atomic E-state index is 11.4. The monoisotopic (exact) mass is 257 g/mol. The Balaban J connectivity index is 2.98. The third-order valence-electron chi connectivity index (χ3n) is 2.46. The highest BCUT2D eigenvalue weighted by Crippen LogP contribution is 2.20. The lowest BCUT2D eigenvalue weighted by Gasteiger charge is -2.21. The molecule has 0 aliphatic rings. The van der Waals surface area contributed by atoms with E-state index in [2.05, 4.69) is 18.8 Å². The predicted molar refractivity (Wildman–Crippen MR) is 68.3 cm³/mol. The molecule has 0 aromatic carbocycles. The van der Waals surface area contributed by atoms with Gasteiger partial charge in [0.1, 0.15) is 10.7 Å². The van der Waals surface area contributed by atoms with E-state index in [0.717, 1.165) is 13.0 Å². The molecule has 1 aromatic rings. The molecule has 1 heterocycles. The van der Waals surface area contributed by atoms with Crippen LogP contribution in [0.15, 0.2) is 23.2 Å². The number of hydrogen-bond acceptors (Lipinski definition) is 4. The Morgan fingerprint density at radius 1 is 1.47 bits per heavy atom. The van der Waals surface area contributed by atoms with Crippen molar-refractivity contribution in [2.24, 2.45) is 11.1 Å². The van der Waals surface area contributed by atoms with Gasteiger partial charge in [-0.05, 0) is 24.5 Å². The number of aromatic nitrogens is 1. The van der Waals surface area contributed by atoms with Crippen molar-refractivity contribution in [2.75, 3.05) is 18.5 Å². The van der Waals surface area contributed by atoms with Gasteiger partial charge in [-0.25, -0.2) is 18.5 Å². The third kappa shape index (κ3) is 3.98. The van der Waals surface area contributed by atoms with E-state index >= 15 is 0 Å². The second-order valence-electron chi connectivity index (χ2n) is 4.47. The molecule has 96 valence electrons. The number of anilines is 1. The summed E-state index contributed by atoms with van der Waals surface area (Å²) < 4.78 is 22.8. The Labute approximate surface area is 103 Å². The van der Waals surface area contributed by atoms with Crippen LogP contribution in [0.25, 0.3) is 0 Å². The molecule has 0 aliphatic carbocycles. The molecule has 5 nitrogen and oxygen atoms in total. The van der Waals surface area contributed by atoms with Gasteiger partial charge in [0.05, 0.1) is 0 Å². The molecule has 0 fully saturated rings. The number of nitrogens with zero attached hydrogens (tertiary/aromatic N) is 2. The van der Waals surface area contributed by atoms with Crippen LogP contribution in [0.3, 0.4) is 0 Å². The van der Waals surface area contributed by atoms with Gasteiger partial charge in [-0.3, -0.25) is 0 Å². The first kappa shape index (κ1) is 13.9. The summed E-state index contributed by atoms with van der Waals surface area (Å²) in [5, 5.41) is 5.16. The summed E-state index contributed by atoms with van der Waals surface area (Å²) in [5.74, 6) is 0.967. The lowest BCUT2D eigenvalue weighted by molar-refractivity contribution is 0.580. The van der Waals surface area contributed by atoms with E-state index < -0.39 is 10.0 Å². The number of pyridine rings is 1. The number of sulfonamides is 1. The molecule has 0 amide bonds. The van der Waals surface area contributed by atoms with Gasteiger partial charge in [-0.15, -0.1) is 0 Å². The van der Waals surface area contributed by atoms with Crippen LogP contribution >= 0.6 is 0 Å². The first-order valence-electron chi connectivity index (χ1n) is 5.51. The zero-order chi connectivity index (χ0) is 13.1. The highest BCUT2D eigenvalue weighted by atomic mass is 32.2. The number of rotatable bonds is 5. The van der Waals surface area contributed by atoms with E-state index in [4.69, 9.17) is 5.14 Å². The van der Waals surface area contributed by atoms with Gasteiger partial charge in [0.25, 0.3) is 0 Å². The Morgan fingerprint density at radius 3 is 2.65 bits per heavy atom. The topological polar surface area (TPSA) is 76.3 Å². The lowest BCUT2D eigenvalue weighted by Crippen LogP contribution is -2.25. The van der Waals surface area contributed by atoms with Gasteiger partial charge in [0, 0.05) is 19.8 Å². The summed E-state index contributed by atoms with van der Waals surface area (Å²) in [4.78, 5) is 5.98. The minimum Gasteiger partial charge on any atom is -0.359 e. The van der Waals surface area contributed by atoms with Gasteiger partial charge in [-0.2, -0.15) is 0 Å². The molecule has 0 atom stereocenters. The van der Waals surface area contributed by atoms with E-state index in [1.807, 2.05) is 11.9 Å². The summed E-state index contributed by atoms with van der Waals surface area (Å²) in [5.41, 5.74) is 0. The Hall–Kier alpha value is -1.14. The molecule has 0 saturated carbocycles. The number of nitrogens with two attached hydrogens (primary N) is 1. The smallest absolute Gasteiger partial charge is 0.241 e. The predicted octanol–water partition coefficient (Wildman–Crippen LogP) is 1.21. The van der Waals surface area contributed by atoms with Gasteiger partial charge < -0.3 is 4.90 Å². The Bertz CT molecular complexity index is 471. The van der Waals surface area contributed by atoms with Gasteiger partial charge in [0.15, 0.2) is 0 Å². The summed E-state index contributed by atoms with van der Waals surface area (Å²) in [6.07, 6.45) is 2.53. The largest absolute Gasteiger partial charge is 0.359 e. The summed E-state index contributed by atoms with van der Waals surface area (Å²) in [6, 6.07) is 3.04. The lowest BCUT2D eigenvalue weighted by atomic mass is 10.1. The fraction of sp³-hybridized carbons (Fsp3) is 0.545. The van der Waals surface area contributed by atoms with Crippen molar-refractivity contribution < 1.29 is 8.42 Å². The quantitative estimate of drug-likeness (QED) is 0.860. The Morgan fingerprint density at radius 2 is 2.12 bits per heavy atom. The molecule has 17 heavy (non-hydrogen) atoms. The molecule has 2 N–H and O–H groups in total. The number of hydrogen-bond donors (Lipinski definition) is 1. The highest BCUT2D eigenvalue weighted by molar-refractivity contribution is 7.89. The van der Waals surface area contributed by atoms with E-state index in [9.17, 15) is 8.42 Å². The van der Waals surface area contributed by atoms with Crippen molar-refractivity contribution in [3.05, 3.63) is 18.3 Å². The second-order valence-corrected chi connectivity index (χ2v) is 6.00. The van der Waals surface area contributed by atoms with Gasteiger partial charge in [0.2, 0.25) is 10.0 Å². The van der Waals surface area contributed by atoms with Crippen molar-refractivity contribution in [3.8, 4) is 0 Å². The molecule has 0 unspecified atom stereocenters. The van der Waals surface area contributed by atoms with E-state index in [0.29, 0.717) is 11.7 Å². The van der Waals surface area contributed by atoms with Crippen molar-refractivity contribution in [1.29, 1.82) is 0 Å². The van der Waals surface area contributed by atoms with Crippen molar-refractivity contribution in [3.63, 3.8) is 0 Å². The molecule has 6 heteroatoms. The average molecular weight is 257 g/mol. The highest BCUT2D eigenvalue weighted by Gasteiger charge is 2.17. The fourth-order valence-corrected chi connectivity index (χ4v) is 2.18. The second kappa shape index (κ2) is 5.46. The van der Waals surface area contributed by atoms with Crippen LogP contribution in [-0.4, -0.2) is 27.0 Å². The zero-order valence-electron chi connectivity index (χ0n) is 10.4.